The number of allylic oxidation sites excluding steroid dienone is 3. The standard InChI is InChI=1S/C42H32Cl.2ClH.Zr/c1-25(2)36-24-29-15-10-20-35(33-19-9-14-28-12-5-7-17-31(28)33)40(29)42(36)39-26(3)23-37-34(21-22-38(43)41(37)39)32-18-8-13-27-11-4-6-16-30(27)32;;;/h4-25,39H,1-3H3;2*1H;/q;;;+2/p-2. The SMILES string of the molecule is CC1=Cc2c(-c3cccc4ccccc34)ccc(Cl)c2C1C1=C(C(C)C)[CH]([Zr+2])c2cccc(-c3cccc4ccccc34)c21.[Cl-].[Cl-]. The van der Waals surface area contributed by atoms with Gasteiger partial charge in [0.1, 0.15) is 0 Å². The summed E-state index contributed by atoms with van der Waals surface area (Å²) in [7, 11) is 0. The first-order chi connectivity index (χ1) is 21.4. The van der Waals surface area contributed by atoms with Crippen LogP contribution in [0.3, 0.4) is 0 Å². The summed E-state index contributed by atoms with van der Waals surface area (Å²) in [5, 5.41) is 5.97. The van der Waals surface area contributed by atoms with E-state index in [1.165, 1.54) is 102 Å². The second kappa shape index (κ2) is 12.9. The maximum absolute atomic E-state index is 7.26. The van der Waals surface area contributed by atoms with Crippen molar-refractivity contribution in [3.8, 4) is 22.3 Å². The van der Waals surface area contributed by atoms with Gasteiger partial charge in [0.25, 0.3) is 0 Å². The van der Waals surface area contributed by atoms with E-state index in [4.69, 9.17) is 11.6 Å². The molecule has 225 valence electrons. The van der Waals surface area contributed by atoms with Gasteiger partial charge in [0.2, 0.25) is 0 Å². The largest absolute Gasteiger partial charge is 1.00 e. The molecular weight excluding hydrogens is 702 g/mol. The van der Waals surface area contributed by atoms with E-state index in [0.29, 0.717) is 9.54 Å². The van der Waals surface area contributed by atoms with Crippen LogP contribution in [0.15, 0.2) is 126 Å². The topological polar surface area (TPSA) is 0 Å². The molecule has 8 rings (SSSR count). The molecule has 0 aromatic heterocycles. The zero-order valence-corrected chi connectivity index (χ0v) is 30.6. The van der Waals surface area contributed by atoms with Crippen molar-refractivity contribution < 1.29 is 49.5 Å². The van der Waals surface area contributed by atoms with E-state index in [0.717, 1.165) is 5.02 Å². The van der Waals surface area contributed by atoms with Crippen molar-refractivity contribution >= 4 is 44.8 Å². The molecule has 0 saturated carbocycles. The normalized spacial score (nSPS) is 16.7. The van der Waals surface area contributed by atoms with Gasteiger partial charge in [0.15, 0.2) is 0 Å². The van der Waals surface area contributed by atoms with Gasteiger partial charge in [-0.2, -0.15) is 0 Å². The summed E-state index contributed by atoms with van der Waals surface area (Å²) in [6, 6.07) is 42.2. The Morgan fingerprint density at radius 2 is 1.17 bits per heavy atom. The first kappa shape index (κ1) is 33.0. The maximum atomic E-state index is 7.26. The Balaban J connectivity index is 0.00000186. The van der Waals surface area contributed by atoms with E-state index in [9.17, 15) is 0 Å². The molecule has 2 aliphatic rings. The van der Waals surface area contributed by atoms with Gasteiger partial charge in [-0.25, -0.2) is 0 Å². The van der Waals surface area contributed by atoms with Crippen LogP contribution in [-0.4, -0.2) is 0 Å². The Labute approximate surface area is 304 Å². The third kappa shape index (κ3) is 5.07. The van der Waals surface area contributed by atoms with Crippen LogP contribution >= 0.6 is 11.6 Å². The van der Waals surface area contributed by atoms with Crippen molar-refractivity contribution in [1.29, 1.82) is 0 Å². The van der Waals surface area contributed by atoms with E-state index in [1.807, 2.05) is 0 Å². The molecule has 0 saturated heterocycles. The maximum Gasteiger partial charge on any atom is -1.00 e. The average Bonchev–Trinajstić information content (AvgIpc) is 3.54. The van der Waals surface area contributed by atoms with Crippen LogP contribution in [-0.2, 0) is 24.7 Å². The van der Waals surface area contributed by atoms with Gasteiger partial charge in [-0.1, -0.05) is 0 Å². The summed E-state index contributed by atoms with van der Waals surface area (Å²) >= 11 is 8.80. The average molecular weight is 734 g/mol. The molecule has 0 N–H and O–H groups in total. The van der Waals surface area contributed by atoms with Crippen molar-refractivity contribution in [2.24, 2.45) is 5.92 Å². The number of hydrogen-bond donors (Lipinski definition) is 0. The summed E-state index contributed by atoms with van der Waals surface area (Å²) in [6.45, 7) is 7.06. The molecular formula is C42H32Cl3Zr. The molecule has 0 aliphatic heterocycles. The van der Waals surface area contributed by atoms with E-state index in [-0.39, 0.29) is 30.7 Å². The van der Waals surface area contributed by atoms with Gasteiger partial charge >= 0.3 is 282 Å². The molecule has 0 fully saturated rings. The summed E-state index contributed by atoms with van der Waals surface area (Å²) in [5.41, 5.74) is 15.0. The monoisotopic (exact) mass is 731 g/mol. The van der Waals surface area contributed by atoms with Gasteiger partial charge in [0.05, 0.1) is 0 Å². The molecule has 0 nitrogen and oxygen atoms in total. The second-order valence-corrected chi connectivity index (χ2v) is 14.3. The summed E-state index contributed by atoms with van der Waals surface area (Å²) in [4.78, 5) is 0. The Morgan fingerprint density at radius 1 is 0.630 bits per heavy atom. The molecule has 0 heterocycles. The fraction of sp³-hybridized carbons (Fsp3) is 0.143. The number of hydrogen-bond acceptors (Lipinski definition) is 0. The minimum Gasteiger partial charge on any atom is -1.00 e. The third-order valence-corrected chi connectivity index (χ3v) is 11.6. The molecule has 0 radical (unpaired) electrons. The molecule has 0 amide bonds. The molecule has 2 unspecified atom stereocenters. The fourth-order valence-corrected chi connectivity index (χ4v) is 9.95. The molecule has 6 aromatic rings. The number of halogens is 3. The second-order valence-electron chi connectivity index (χ2n) is 12.5. The van der Waals surface area contributed by atoms with Crippen LogP contribution in [0.25, 0.3) is 55.4 Å². The van der Waals surface area contributed by atoms with Crippen LogP contribution < -0.4 is 24.8 Å². The molecule has 2 atom stereocenters. The van der Waals surface area contributed by atoms with Gasteiger partial charge in [0, 0.05) is 0 Å². The van der Waals surface area contributed by atoms with Gasteiger partial charge in [-0.3, -0.25) is 0 Å². The van der Waals surface area contributed by atoms with Crippen LogP contribution in [0.5, 0.6) is 0 Å². The zero-order valence-electron chi connectivity index (χ0n) is 25.9. The minimum absolute atomic E-state index is 0. The van der Waals surface area contributed by atoms with E-state index < -0.39 is 0 Å². The van der Waals surface area contributed by atoms with Crippen molar-refractivity contribution in [3.63, 3.8) is 0 Å². The number of benzene rings is 6. The Bertz CT molecular complexity index is 2200. The van der Waals surface area contributed by atoms with Crippen LogP contribution in [0.4, 0.5) is 0 Å². The van der Waals surface area contributed by atoms with Gasteiger partial charge < -0.3 is 24.8 Å². The van der Waals surface area contributed by atoms with Crippen LogP contribution in [0.2, 0.25) is 5.02 Å². The van der Waals surface area contributed by atoms with Crippen molar-refractivity contribution in [3.05, 3.63) is 154 Å². The van der Waals surface area contributed by atoms with Gasteiger partial charge in [-0.05, 0) is 0 Å². The Morgan fingerprint density at radius 3 is 1.80 bits per heavy atom. The van der Waals surface area contributed by atoms with E-state index in [2.05, 4.69) is 142 Å². The predicted octanol–water partition coefficient (Wildman–Crippen LogP) is 6.20. The minimum atomic E-state index is 0. The first-order valence-electron chi connectivity index (χ1n) is 15.5. The molecule has 0 bridgehead atoms. The molecule has 2 aliphatic carbocycles. The smallest absolute Gasteiger partial charge is 1.00 e. The first-order valence-corrected chi connectivity index (χ1v) is 17.3. The molecule has 4 heteroatoms. The van der Waals surface area contributed by atoms with Crippen molar-refractivity contribution in [2.75, 3.05) is 0 Å². The zero-order chi connectivity index (χ0) is 30.1. The van der Waals surface area contributed by atoms with E-state index >= 15 is 0 Å². The Kier molecular flexibility index (Phi) is 9.28. The van der Waals surface area contributed by atoms with E-state index in [1.54, 1.807) is 5.57 Å². The van der Waals surface area contributed by atoms with Crippen LogP contribution in [0, 0.1) is 5.92 Å². The summed E-state index contributed by atoms with van der Waals surface area (Å²) in [6.07, 6.45) is 2.42. The molecule has 6 aromatic carbocycles. The Hall–Kier alpha value is -2.93. The number of rotatable bonds is 4. The molecule has 0 spiro atoms. The number of fused-ring (bicyclic) bond motifs is 4. The summed E-state index contributed by atoms with van der Waals surface area (Å²) < 4.78 is 0.430. The van der Waals surface area contributed by atoms with Crippen LogP contribution in [0.1, 0.15) is 52.6 Å². The quantitative estimate of drug-likeness (QED) is 0.203. The van der Waals surface area contributed by atoms with Gasteiger partial charge in [-0.15, -0.1) is 0 Å². The summed E-state index contributed by atoms with van der Waals surface area (Å²) in [5.74, 6) is 0.546. The van der Waals surface area contributed by atoms with Crippen molar-refractivity contribution in [1.82, 2.24) is 0 Å². The van der Waals surface area contributed by atoms with Crippen molar-refractivity contribution in [2.45, 2.75) is 30.3 Å². The fourth-order valence-electron chi connectivity index (χ4n) is 7.88. The predicted molar refractivity (Wildman–Crippen MR) is 185 cm³/mol. The third-order valence-electron chi connectivity index (χ3n) is 9.72. The molecule has 46 heavy (non-hydrogen) atoms.